The van der Waals surface area contributed by atoms with E-state index in [4.69, 9.17) is 0 Å². The zero-order chi connectivity index (χ0) is 21.0. The van der Waals surface area contributed by atoms with Crippen LogP contribution in [0.25, 0.3) is 10.9 Å². The van der Waals surface area contributed by atoms with Gasteiger partial charge in [0.2, 0.25) is 0 Å². The number of allylic oxidation sites excluding steroid dienone is 4. The maximum atomic E-state index is 4.23. The Morgan fingerprint density at radius 1 is 1.17 bits per heavy atom. The van der Waals surface area contributed by atoms with Crippen LogP contribution in [-0.4, -0.2) is 11.0 Å². The number of aryl methyl sites for hydroxylation is 2. The van der Waals surface area contributed by atoms with Crippen molar-refractivity contribution >= 4 is 10.9 Å². The Kier molecular flexibility index (Phi) is 7.18. The summed E-state index contributed by atoms with van der Waals surface area (Å²) < 4.78 is 0. The summed E-state index contributed by atoms with van der Waals surface area (Å²) in [6, 6.07) is 4.97. The van der Waals surface area contributed by atoms with Gasteiger partial charge in [0.15, 0.2) is 0 Å². The molecule has 2 heteroatoms. The minimum absolute atomic E-state index is 0.437. The molecule has 3 rings (SSSR count). The van der Waals surface area contributed by atoms with Gasteiger partial charge in [-0.05, 0) is 73.8 Å². The van der Waals surface area contributed by atoms with E-state index in [1.165, 1.54) is 51.6 Å². The number of hydrogen-bond acceptors (Lipinski definition) is 1. The quantitative estimate of drug-likeness (QED) is 0.462. The third kappa shape index (κ3) is 4.93. The van der Waals surface area contributed by atoms with Gasteiger partial charge in [0, 0.05) is 29.7 Å². The highest BCUT2D eigenvalue weighted by Gasteiger charge is 2.20. The normalized spacial score (nSPS) is 16.4. The van der Waals surface area contributed by atoms with Crippen molar-refractivity contribution < 1.29 is 0 Å². The molecule has 1 heterocycles. The fourth-order valence-corrected chi connectivity index (χ4v) is 4.50. The Balaban J connectivity index is 1.82. The van der Waals surface area contributed by atoms with Gasteiger partial charge in [-0.1, -0.05) is 63.1 Å². The Morgan fingerprint density at radius 2 is 1.97 bits per heavy atom. The van der Waals surface area contributed by atoms with Crippen molar-refractivity contribution in [3.05, 3.63) is 70.5 Å². The van der Waals surface area contributed by atoms with Crippen molar-refractivity contribution in [2.45, 2.75) is 79.3 Å². The van der Waals surface area contributed by atoms with Crippen LogP contribution in [0.5, 0.6) is 0 Å². The molecule has 0 aliphatic heterocycles. The molecule has 1 aliphatic rings. The summed E-state index contributed by atoms with van der Waals surface area (Å²) in [4.78, 5) is 3.41. The van der Waals surface area contributed by atoms with E-state index in [1.807, 2.05) is 0 Å². The van der Waals surface area contributed by atoms with Gasteiger partial charge in [-0.2, -0.15) is 0 Å². The second-order valence-electron chi connectivity index (χ2n) is 8.83. The predicted octanol–water partition coefficient (Wildman–Crippen LogP) is 7.29. The lowest BCUT2D eigenvalue weighted by Crippen LogP contribution is -2.33. The van der Waals surface area contributed by atoms with E-state index in [0.29, 0.717) is 6.04 Å². The molecule has 0 saturated carbocycles. The van der Waals surface area contributed by atoms with Crippen LogP contribution in [0.4, 0.5) is 0 Å². The van der Waals surface area contributed by atoms with Crippen LogP contribution in [0.3, 0.4) is 0 Å². The average Bonchev–Trinajstić information content (AvgIpc) is 3.22. The Morgan fingerprint density at radius 3 is 2.62 bits per heavy atom. The standard InChI is InChI=1S/C27H38N2/c1-7-18(3)15-26(23-11-9-22(10-12-23)19(4)8-2)29-17-25-20(5)16-21(6)27-24(25)13-14-28-27/h9,11,13-14,16,18,26,28-29H,4,7-8,10,12,15,17H2,1-3,5-6H3. The largest absolute Gasteiger partial charge is 0.361 e. The summed E-state index contributed by atoms with van der Waals surface area (Å²) in [5, 5.41) is 5.30. The molecule has 2 unspecified atom stereocenters. The number of fused-ring (bicyclic) bond motifs is 1. The van der Waals surface area contributed by atoms with Crippen molar-refractivity contribution in [1.82, 2.24) is 10.3 Å². The van der Waals surface area contributed by atoms with Crippen LogP contribution >= 0.6 is 0 Å². The molecule has 156 valence electrons. The van der Waals surface area contributed by atoms with Crippen LogP contribution in [0.15, 0.2) is 53.8 Å². The van der Waals surface area contributed by atoms with Crippen molar-refractivity contribution in [2.75, 3.05) is 0 Å². The van der Waals surface area contributed by atoms with Gasteiger partial charge in [0.25, 0.3) is 0 Å². The minimum atomic E-state index is 0.437. The predicted molar refractivity (Wildman–Crippen MR) is 127 cm³/mol. The van der Waals surface area contributed by atoms with Crippen LogP contribution in [0.2, 0.25) is 0 Å². The van der Waals surface area contributed by atoms with Crippen molar-refractivity contribution in [3.63, 3.8) is 0 Å². The van der Waals surface area contributed by atoms with Gasteiger partial charge in [0.05, 0.1) is 0 Å². The van der Waals surface area contributed by atoms with Gasteiger partial charge < -0.3 is 10.3 Å². The first-order chi connectivity index (χ1) is 13.9. The molecule has 0 saturated heterocycles. The number of hydrogen-bond donors (Lipinski definition) is 2. The van der Waals surface area contributed by atoms with Crippen LogP contribution in [0.1, 0.15) is 69.6 Å². The number of rotatable bonds is 9. The maximum Gasteiger partial charge on any atom is 0.0487 e. The highest BCUT2D eigenvalue weighted by Crippen LogP contribution is 2.30. The lowest BCUT2D eigenvalue weighted by molar-refractivity contribution is 0.418. The molecule has 2 nitrogen and oxygen atoms in total. The van der Waals surface area contributed by atoms with Crippen LogP contribution < -0.4 is 5.32 Å². The van der Waals surface area contributed by atoms with Crippen molar-refractivity contribution in [3.8, 4) is 0 Å². The molecule has 29 heavy (non-hydrogen) atoms. The Hall–Kier alpha value is -2.06. The zero-order valence-corrected chi connectivity index (χ0v) is 19.0. The second-order valence-corrected chi connectivity index (χ2v) is 8.83. The number of nitrogens with one attached hydrogen (secondary N) is 2. The number of aromatic amines is 1. The fourth-order valence-electron chi connectivity index (χ4n) is 4.50. The maximum absolute atomic E-state index is 4.23. The molecular weight excluding hydrogens is 352 g/mol. The first-order valence-electron chi connectivity index (χ1n) is 11.3. The fraction of sp³-hybridized carbons (Fsp3) is 0.481. The zero-order valence-electron chi connectivity index (χ0n) is 19.0. The summed E-state index contributed by atoms with van der Waals surface area (Å²) in [5.74, 6) is 0.718. The highest BCUT2D eigenvalue weighted by molar-refractivity contribution is 5.86. The lowest BCUT2D eigenvalue weighted by atomic mass is 9.86. The van der Waals surface area contributed by atoms with E-state index in [1.54, 1.807) is 5.57 Å². The average molecular weight is 391 g/mol. The van der Waals surface area contributed by atoms with E-state index < -0.39 is 0 Å². The van der Waals surface area contributed by atoms with Gasteiger partial charge in [0.1, 0.15) is 0 Å². The smallest absolute Gasteiger partial charge is 0.0487 e. The summed E-state index contributed by atoms with van der Waals surface area (Å²) in [5.41, 5.74) is 9.67. The van der Waals surface area contributed by atoms with Crippen LogP contribution in [0, 0.1) is 19.8 Å². The van der Waals surface area contributed by atoms with Gasteiger partial charge in [-0.25, -0.2) is 0 Å². The Bertz CT molecular complexity index is 925. The first kappa shape index (κ1) is 21.6. The SMILES string of the molecule is C=C(CC)C1=CC=C(C(CC(C)CC)NCc2c(C)cc(C)c3[nH]ccc23)CC1. The topological polar surface area (TPSA) is 27.8 Å². The molecule has 0 fully saturated rings. The minimum Gasteiger partial charge on any atom is -0.361 e. The number of aromatic nitrogens is 1. The van der Waals surface area contributed by atoms with Gasteiger partial charge >= 0.3 is 0 Å². The van der Waals surface area contributed by atoms with Crippen molar-refractivity contribution in [1.29, 1.82) is 0 Å². The summed E-state index contributed by atoms with van der Waals surface area (Å²) in [6.45, 7) is 16.4. The van der Waals surface area contributed by atoms with E-state index in [9.17, 15) is 0 Å². The molecule has 0 radical (unpaired) electrons. The summed E-state index contributed by atoms with van der Waals surface area (Å²) in [6.07, 6.45) is 12.5. The molecule has 0 amide bonds. The van der Waals surface area contributed by atoms with Crippen LogP contribution in [-0.2, 0) is 6.54 Å². The lowest BCUT2D eigenvalue weighted by Gasteiger charge is -2.28. The monoisotopic (exact) mass is 390 g/mol. The number of H-pyrrole nitrogens is 1. The third-order valence-electron chi connectivity index (χ3n) is 6.75. The van der Waals surface area contributed by atoms with Gasteiger partial charge in [-0.15, -0.1) is 0 Å². The molecule has 0 spiro atoms. The molecule has 2 atom stereocenters. The molecular formula is C27H38N2. The molecule has 2 aromatic rings. The first-order valence-corrected chi connectivity index (χ1v) is 11.3. The molecule has 2 N–H and O–H groups in total. The van der Waals surface area contributed by atoms with E-state index >= 15 is 0 Å². The second kappa shape index (κ2) is 9.63. The van der Waals surface area contributed by atoms with Gasteiger partial charge in [-0.3, -0.25) is 0 Å². The Labute approximate surface area is 177 Å². The van der Waals surface area contributed by atoms with Crippen molar-refractivity contribution in [2.24, 2.45) is 5.92 Å². The molecule has 1 aliphatic carbocycles. The summed E-state index contributed by atoms with van der Waals surface area (Å²) >= 11 is 0. The molecule has 0 bridgehead atoms. The van der Waals surface area contributed by atoms with E-state index in [2.05, 4.69) is 82.0 Å². The molecule has 1 aromatic carbocycles. The highest BCUT2D eigenvalue weighted by atomic mass is 14.9. The van der Waals surface area contributed by atoms with E-state index in [-0.39, 0.29) is 0 Å². The third-order valence-corrected chi connectivity index (χ3v) is 6.75. The molecule has 1 aromatic heterocycles. The van der Waals surface area contributed by atoms with E-state index in [0.717, 1.165) is 31.7 Å². The summed E-state index contributed by atoms with van der Waals surface area (Å²) in [7, 11) is 0. The number of benzene rings is 1.